The molecule has 2 aromatic rings. The molecule has 2 rings (SSSR count). The topological polar surface area (TPSA) is 78.9 Å². The van der Waals surface area contributed by atoms with Crippen molar-refractivity contribution in [1.29, 1.82) is 0 Å². The lowest BCUT2D eigenvalue weighted by atomic mass is 10.1. The van der Waals surface area contributed by atoms with Crippen LogP contribution in [-0.2, 0) is 12.2 Å². The van der Waals surface area contributed by atoms with Crippen molar-refractivity contribution in [3.05, 3.63) is 41.2 Å². The molecule has 6 heteroatoms. The molecule has 0 aliphatic heterocycles. The number of aromatic amines is 1. The molecule has 0 saturated heterocycles. The summed E-state index contributed by atoms with van der Waals surface area (Å²) < 4.78 is 0. The summed E-state index contributed by atoms with van der Waals surface area (Å²) in [5.41, 5.74) is 1.36. The number of aryl methyl sites for hydroxylation is 1. The number of carboxylic acids is 1. The largest absolute Gasteiger partial charge is 0.478 e. The molecule has 1 heterocycles. The second-order valence-electron chi connectivity index (χ2n) is 4.11. The average molecular weight is 277 g/mol. The minimum atomic E-state index is -0.905. The molecule has 0 saturated carbocycles. The molecule has 0 spiro atoms. The van der Waals surface area contributed by atoms with Gasteiger partial charge in [0.25, 0.3) is 0 Å². The van der Waals surface area contributed by atoms with Crippen LogP contribution in [0.15, 0.2) is 29.4 Å². The highest BCUT2D eigenvalue weighted by Crippen LogP contribution is 2.19. The third kappa shape index (κ3) is 3.82. The maximum atomic E-state index is 10.7. The van der Waals surface area contributed by atoms with Gasteiger partial charge in [0, 0.05) is 12.2 Å². The lowest BCUT2D eigenvalue weighted by molar-refractivity contribution is 0.0697. The van der Waals surface area contributed by atoms with Gasteiger partial charge < -0.3 is 5.11 Å². The number of aromatic carboxylic acids is 1. The van der Waals surface area contributed by atoms with Gasteiger partial charge in [-0.1, -0.05) is 30.8 Å². The molecule has 100 valence electrons. The van der Waals surface area contributed by atoms with Crippen molar-refractivity contribution in [1.82, 2.24) is 15.2 Å². The van der Waals surface area contributed by atoms with Gasteiger partial charge in [-0.2, -0.15) is 0 Å². The van der Waals surface area contributed by atoms with Crippen LogP contribution in [0.4, 0.5) is 0 Å². The summed E-state index contributed by atoms with van der Waals surface area (Å²) in [4.78, 5) is 15.1. The van der Waals surface area contributed by atoms with E-state index in [1.807, 2.05) is 12.1 Å². The van der Waals surface area contributed by atoms with E-state index >= 15 is 0 Å². The Kier molecular flexibility index (Phi) is 4.57. The summed E-state index contributed by atoms with van der Waals surface area (Å²) in [6.07, 6.45) is 1.94. The number of carbonyl (C=O) groups is 1. The molecule has 0 amide bonds. The number of nitrogens with one attached hydrogen (secondary N) is 1. The van der Waals surface area contributed by atoms with Crippen LogP contribution in [0.1, 0.15) is 35.1 Å². The Morgan fingerprint density at radius 1 is 1.37 bits per heavy atom. The number of benzene rings is 1. The van der Waals surface area contributed by atoms with Crippen LogP contribution in [-0.4, -0.2) is 26.3 Å². The van der Waals surface area contributed by atoms with Crippen LogP contribution < -0.4 is 0 Å². The van der Waals surface area contributed by atoms with E-state index in [0.29, 0.717) is 5.56 Å². The third-order valence-electron chi connectivity index (χ3n) is 2.57. The smallest absolute Gasteiger partial charge is 0.335 e. The van der Waals surface area contributed by atoms with Gasteiger partial charge in [-0.25, -0.2) is 9.78 Å². The van der Waals surface area contributed by atoms with Gasteiger partial charge >= 0.3 is 5.97 Å². The quantitative estimate of drug-likeness (QED) is 0.794. The molecule has 0 atom stereocenters. The fraction of sp³-hybridized carbons (Fsp3) is 0.308. The molecule has 0 fully saturated rings. The van der Waals surface area contributed by atoms with Gasteiger partial charge in [0.05, 0.1) is 5.56 Å². The van der Waals surface area contributed by atoms with Crippen LogP contribution in [0.3, 0.4) is 0 Å². The minimum absolute atomic E-state index is 0.303. The first-order valence-corrected chi connectivity index (χ1v) is 7.04. The van der Waals surface area contributed by atoms with Gasteiger partial charge in [0.15, 0.2) is 0 Å². The predicted octanol–water partition coefficient (Wildman–Crippen LogP) is 2.75. The highest BCUT2D eigenvalue weighted by atomic mass is 32.2. The van der Waals surface area contributed by atoms with E-state index in [4.69, 9.17) is 5.11 Å². The van der Waals surface area contributed by atoms with Crippen molar-refractivity contribution in [3.8, 4) is 0 Å². The molecule has 5 nitrogen and oxygen atoms in total. The molecule has 0 radical (unpaired) electrons. The number of carboxylic acid groups (broad SMARTS) is 1. The number of rotatable bonds is 6. The molecular formula is C13H15N3O2S. The highest BCUT2D eigenvalue weighted by molar-refractivity contribution is 7.98. The number of aromatic nitrogens is 3. The molecule has 0 unspecified atom stereocenters. The maximum absolute atomic E-state index is 10.7. The number of thioether (sulfide) groups is 1. The highest BCUT2D eigenvalue weighted by Gasteiger charge is 2.05. The van der Waals surface area contributed by atoms with Crippen LogP contribution in [0.5, 0.6) is 0 Å². The summed E-state index contributed by atoms with van der Waals surface area (Å²) in [5.74, 6) is 0.729. The minimum Gasteiger partial charge on any atom is -0.478 e. The third-order valence-corrected chi connectivity index (χ3v) is 3.49. The number of hydrogen-bond acceptors (Lipinski definition) is 4. The first kappa shape index (κ1) is 13.6. The average Bonchev–Trinajstić information content (AvgIpc) is 2.85. The summed E-state index contributed by atoms with van der Waals surface area (Å²) >= 11 is 1.53. The first-order valence-electron chi connectivity index (χ1n) is 6.05. The molecule has 2 N–H and O–H groups in total. The summed E-state index contributed by atoms with van der Waals surface area (Å²) in [6.45, 7) is 2.10. The summed E-state index contributed by atoms with van der Waals surface area (Å²) in [5, 5.41) is 16.6. The zero-order chi connectivity index (χ0) is 13.7. The molecule has 1 aromatic carbocycles. The maximum Gasteiger partial charge on any atom is 0.335 e. The van der Waals surface area contributed by atoms with E-state index < -0.39 is 5.97 Å². The van der Waals surface area contributed by atoms with Crippen molar-refractivity contribution >= 4 is 17.7 Å². The van der Waals surface area contributed by atoms with Crippen LogP contribution in [0.2, 0.25) is 0 Å². The van der Waals surface area contributed by atoms with Crippen LogP contribution in [0.25, 0.3) is 0 Å². The van der Waals surface area contributed by atoms with Crippen molar-refractivity contribution < 1.29 is 9.90 Å². The first-order chi connectivity index (χ1) is 9.19. The zero-order valence-corrected chi connectivity index (χ0v) is 11.4. The number of H-pyrrole nitrogens is 1. The Bertz CT molecular complexity index is 551. The normalized spacial score (nSPS) is 10.6. The molecule has 0 aliphatic carbocycles. The van der Waals surface area contributed by atoms with E-state index in [-0.39, 0.29) is 0 Å². The zero-order valence-electron chi connectivity index (χ0n) is 10.6. The van der Waals surface area contributed by atoms with Crippen molar-refractivity contribution in [3.63, 3.8) is 0 Å². The number of nitrogens with zero attached hydrogens (tertiary/aromatic N) is 2. The second kappa shape index (κ2) is 6.38. The van der Waals surface area contributed by atoms with Gasteiger partial charge in [0.2, 0.25) is 5.16 Å². The van der Waals surface area contributed by atoms with E-state index in [1.165, 1.54) is 11.8 Å². The number of hydrogen-bond donors (Lipinski definition) is 2. The van der Waals surface area contributed by atoms with E-state index in [9.17, 15) is 4.79 Å². The van der Waals surface area contributed by atoms with Gasteiger partial charge in [-0.3, -0.25) is 5.10 Å². The van der Waals surface area contributed by atoms with E-state index in [0.717, 1.165) is 35.1 Å². The predicted molar refractivity (Wildman–Crippen MR) is 73.3 cm³/mol. The lowest BCUT2D eigenvalue weighted by Gasteiger charge is -1.99. The molecule has 1 aromatic heterocycles. The summed E-state index contributed by atoms with van der Waals surface area (Å²) in [7, 11) is 0. The van der Waals surface area contributed by atoms with Crippen molar-refractivity contribution in [2.75, 3.05) is 0 Å². The van der Waals surface area contributed by atoms with Crippen molar-refractivity contribution in [2.24, 2.45) is 0 Å². The second-order valence-corrected chi connectivity index (χ2v) is 5.05. The van der Waals surface area contributed by atoms with Crippen molar-refractivity contribution in [2.45, 2.75) is 30.7 Å². The van der Waals surface area contributed by atoms with Gasteiger partial charge in [-0.15, -0.1) is 5.10 Å². The van der Waals surface area contributed by atoms with E-state index in [1.54, 1.807) is 12.1 Å². The van der Waals surface area contributed by atoms with Crippen LogP contribution >= 0.6 is 11.8 Å². The molecule has 19 heavy (non-hydrogen) atoms. The Hall–Kier alpha value is -1.82. The molecule has 0 bridgehead atoms. The fourth-order valence-corrected chi connectivity index (χ4v) is 2.36. The Morgan fingerprint density at radius 3 is 2.74 bits per heavy atom. The SMILES string of the molecule is CCCc1nc(SCc2ccc(C(=O)O)cc2)n[nH]1. The fourth-order valence-electron chi connectivity index (χ4n) is 1.58. The van der Waals surface area contributed by atoms with Crippen LogP contribution in [0, 0.1) is 0 Å². The monoisotopic (exact) mass is 277 g/mol. The Labute approximate surface area is 115 Å². The van der Waals surface area contributed by atoms with E-state index in [2.05, 4.69) is 22.1 Å². The molecular weight excluding hydrogens is 262 g/mol. The summed E-state index contributed by atoms with van der Waals surface area (Å²) in [6, 6.07) is 6.85. The Balaban J connectivity index is 1.92. The van der Waals surface area contributed by atoms with Gasteiger partial charge in [0.1, 0.15) is 5.82 Å². The standard InChI is InChI=1S/C13H15N3O2S/c1-2-3-11-14-13(16-15-11)19-8-9-4-6-10(7-5-9)12(17)18/h4-7H,2-3,8H2,1H3,(H,17,18)(H,14,15,16). The Morgan fingerprint density at radius 2 is 2.11 bits per heavy atom. The lowest BCUT2D eigenvalue weighted by Crippen LogP contribution is -1.95. The molecule has 0 aliphatic rings. The van der Waals surface area contributed by atoms with Gasteiger partial charge in [-0.05, 0) is 24.1 Å².